The number of aryl methyl sites for hydroxylation is 1. The summed E-state index contributed by atoms with van der Waals surface area (Å²) >= 11 is 4.99. The van der Waals surface area contributed by atoms with Crippen LogP contribution in [0.3, 0.4) is 0 Å². The Morgan fingerprint density at radius 1 is 1.25 bits per heavy atom. The van der Waals surface area contributed by atoms with Crippen molar-refractivity contribution in [1.29, 1.82) is 0 Å². The number of pyridine rings is 1. The van der Waals surface area contributed by atoms with Crippen LogP contribution in [-0.2, 0) is 11.4 Å². The zero-order chi connectivity index (χ0) is 20.1. The van der Waals surface area contributed by atoms with Gasteiger partial charge in [-0.3, -0.25) is 0 Å². The molecule has 0 saturated carbocycles. The van der Waals surface area contributed by atoms with E-state index in [4.69, 9.17) is 16.6 Å². The van der Waals surface area contributed by atoms with E-state index in [2.05, 4.69) is 14.5 Å². The maximum absolute atomic E-state index is 12.4. The van der Waals surface area contributed by atoms with Crippen molar-refractivity contribution in [3.8, 4) is 11.3 Å². The molecule has 4 rings (SSSR count). The average molecular weight is 415 g/mol. The summed E-state index contributed by atoms with van der Waals surface area (Å²) in [6.07, 6.45) is 8.94. The van der Waals surface area contributed by atoms with E-state index in [0.717, 1.165) is 11.2 Å². The molecule has 0 amide bonds. The van der Waals surface area contributed by atoms with Gasteiger partial charge >= 0.3 is 0 Å². The quantitative estimate of drug-likeness (QED) is 0.376. The third-order valence-electron chi connectivity index (χ3n) is 4.21. The third-order valence-corrected chi connectivity index (χ3v) is 6.00. The van der Waals surface area contributed by atoms with E-state index < -0.39 is 16.1 Å². The van der Waals surface area contributed by atoms with Crippen molar-refractivity contribution in [1.82, 2.24) is 24.0 Å². The van der Waals surface area contributed by atoms with Crippen molar-refractivity contribution in [2.45, 2.75) is 32.4 Å². The lowest BCUT2D eigenvalue weighted by atomic mass is 10.1. The number of imidazole rings is 1. The molecule has 0 radical (unpaired) electrons. The standard InChI is InChI=1S/C19H19ClN6OS/c1-12-16(20)18-23-17(13-5-6-15-21-7-8-25(15)10-13)14(11-26(18)24-12)9-22-28(27)19(2,3)4/h5-11H,1-4H3. The van der Waals surface area contributed by atoms with E-state index in [1.807, 2.05) is 56.6 Å². The molecule has 4 heterocycles. The van der Waals surface area contributed by atoms with Crippen molar-refractivity contribution < 1.29 is 4.55 Å². The third kappa shape index (κ3) is 3.39. The van der Waals surface area contributed by atoms with Crippen LogP contribution in [0.2, 0.25) is 5.02 Å². The first-order valence-electron chi connectivity index (χ1n) is 8.69. The van der Waals surface area contributed by atoms with Gasteiger partial charge < -0.3 is 8.95 Å². The van der Waals surface area contributed by atoms with Crippen LogP contribution in [0.25, 0.3) is 22.6 Å². The van der Waals surface area contributed by atoms with Crippen LogP contribution in [0, 0.1) is 6.92 Å². The summed E-state index contributed by atoms with van der Waals surface area (Å²) in [6, 6.07) is 3.86. The first-order valence-corrected chi connectivity index (χ1v) is 10.2. The van der Waals surface area contributed by atoms with Gasteiger partial charge in [-0.2, -0.15) is 5.10 Å². The van der Waals surface area contributed by atoms with Gasteiger partial charge in [0.15, 0.2) is 5.65 Å². The zero-order valence-electron chi connectivity index (χ0n) is 15.9. The Hall–Kier alpha value is -2.42. The molecule has 4 aromatic rings. The van der Waals surface area contributed by atoms with Gasteiger partial charge in [-0.15, -0.1) is 0 Å². The fourth-order valence-electron chi connectivity index (χ4n) is 2.72. The lowest BCUT2D eigenvalue weighted by Crippen LogP contribution is -2.25. The highest BCUT2D eigenvalue weighted by molar-refractivity contribution is 7.91. The summed E-state index contributed by atoms with van der Waals surface area (Å²) < 4.78 is 19.7. The Morgan fingerprint density at radius 2 is 2.04 bits per heavy atom. The first-order chi connectivity index (χ1) is 13.2. The highest BCUT2D eigenvalue weighted by atomic mass is 35.5. The van der Waals surface area contributed by atoms with Crippen molar-refractivity contribution in [3.63, 3.8) is 0 Å². The van der Waals surface area contributed by atoms with Crippen molar-refractivity contribution >= 4 is 40.5 Å². The fraction of sp³-hybridized carbons (Fsp3) is 0.263. The van der Waals surface area contributed by atoms with Gasteiger partial charge in [0.1, 0.15) is 26.8 Å². The van der Waals surface area contributed by atoms with Gasteiger partial charge in [-0.05, 0) is 39.8 Å². The fourth-order valence-corrected chi connectivity index (χ4v) is 3.41. The maximum Gasteiger partial charge on any atom is 0.174 e. The zero-order valence-corrected chi connectivity index (χ0v) is 17.5. The van der Waals surface area contributed by atoms with Gasteiger partial charge in [0.25, 0.3) is 0 Å². The lowest BCUT2D eigenvalue weighted by Gasteiger charge is -2.17. The van der Waals surface area contributed by atoms with Crippen LogP contribution in [-0.4, -0.2) is 39.5 Å². The number of aromatic nitrogens is 5. The molecule has 0 saturated heterocycles. The largest absolute Gasteiger partial charge is 0.591 e. The minimum absolute atomic E-state index is 0.449. The van der Waals surface area contributed by atoms with E-state index in [1.165, 1.54) is 0 Å². The molecule has 9 heteroatoms. The predicted octanol–water partition coefficient (Wildman–Crippen LogP) is 3.89. The molecular formula is C19H19ClN6OS. The van der Waals surface area contributed by atoms with E-state index in [1.54, 1.807) is 23.1 Å². The Kier molecular flexibility index (Phi) is 4.65. The normalized spacial score (nSPS) is 13.8. The summed E-state index contributed by atoms with van der Waals surface area (Å²) in [4.78, 5) is 9.01. The average Bonchev–Trinajstić information content (AvgIpc) is 3.22. The number of hydrogen-bond donors (Lipinski definition) is 0. The summed E-state index contributed by atoms with van der Waals surface area (Å²) in [6.45, 7) is 7.47. The van der Waals surface area contributed by atoms with Gasteiger partial charge in [-0.1, -0.05) is 16.0 Å². The van der Waals surface area contributed by atoms with E-state index >= 15 is 0 Å². The summed E-state index contributed by atoms with van der Waals surface area (Å²) in [5.41, 5.74) is 4.34. The van der Waals surface area contributed by atoms with Gasteiger partial charge in [0.05, 0.1) is 17.6 Å². The van der Waals surface area contributed by atoms with Crippen LogP contribution < -0.4 is 0 Å². The molecule has 0 N–H and O–H groups in total. The summed E-state index contributed by atoms with van der Waals surface area (Å²) in [5.74, 6) is 0. The molecular weight excluding hydrogens is 396 g/mol. The molecule has 0 aliphatic rings. The minimum Gasteiger partial charge on any atom is -0.591 e. The second-order valence-electron chi connectivity index (χ2n) is 7.42. The minimum atomic E-state index is -1.38. The molecule has 28 heavy (non-hydrogen) atoms. The summed E-state index contributed by atoms with van der Waals surface area (Å²) in [5, 5.41) is 4.90. The van der Waals surface area contributed by atoms with Gasteiger partial charge in [0, 0.05) is 35.9 Å². The van der Waals surface area contributed by atoms with Crippen LogP contribution in [0.5, 0.6) is 0 Å². The van der Waals surface area contributed by atoms with E-state index in [0.29, 0.717) is 27.6 Å². The molecule has 0 aromatic carbocycles. The Balaban J connectivity index is 1.91. The van der Waals surface area contributed by atoms with E-state index in [-0.39, 0.29) is 0 Å². The Labute approximate surface area is 170 Å². The number of nitrogens with zero attached hydrogens (tertiary/aromatic N) is 6. The predicted molar refractivity (Wildman–Crippen MR) is 112 cm³/mol. The molecule has 0 fully saturated rings. The number of halogens is 1. The SMILES string of the molecule is Cc1nn2cc(C=N[S+]([O-])C(C)(C)C)c(-c3ccc4nccn4c3)nc2c1Cl. The molecule has 0 bridgehead atoms. The van der Waals surface area contributed by atoms with Crippen LogP contribution in [0.15, 0.2) is 41.3 Å². The van der Waals surface area contributed by atoms with Crippen LogP contribution >= 0.6 is 11.6 Å². The van der Waals surface area contributed by atoms with Crippen molar-refractivity contribution in [2.75, 3.05) is 0 Å². The van der Waals surface area contributed by atoms with Crippen LogP contribution in [0.4, 0.5) is 0 Å². The number of hydrogen-bond acceptors (Lipinski definition) is 5. The Morgan fingerprint density at radius 3 is 2.79 bits per heavy atom. The maximum atomic E-state index is 12.4. The molecule has 1 unspecified atom stereocenters. The lowest BCUT2D eigenvalue weighted by molar-refractivity contribution is 0.562. The molecule has 7 nitrogen and oxygen atoms in total. The topological polar surface area (TPSA) is 82.9 Å². The summed E-state index contributed by atoms with van der Waals surface area (Å²) in [7, 11) is 0. The van der Waals surface area contributed by atoms with Gasteiger partial charge in [-0.25, -0.2) is 14.5 Å². The molecule has 4 aromatic heterocycles. The Bertz CT molecular complexity index is 1210. The smallest absolute Gasteiger partial charge is 0.174 e. The highest BCUT2D eigenvalue weighted by Gasteiger charge is 2.26. The van der Waals surface area contributed by atoms with Gasteiger partial charge in [0.2, 0.25) is 0 Å². The molecule has 0 aliphatic carbocycles. The van der Waals surface area contributed by atoms with Crippen molar-refractivity contribution in [3.05, 3.63) is 53.2 Å². The van der Waals surface area contributed by atoms with Crippen LogP contribution in [0.1, 0.15) is 32.0 Å². The molecule has 0 spiro atoms. The second-order valence-corrected chi connectivity index (χ2v) is 9.73. The number of rotatable bonds is 3. The monoisotopic (exact) mass is 414 g/mol. The van der Waals surface area contributed by atoms with Crippen molar-refractivity contribution in [2.24, 2.45) is 4.40 Å². The molecule has 0 aliphatic heterocycles. The second kappa shape index (κ2) is 6.88. The highest BCUT2D eigenvalue weighted by Crippen LogP contribution is 2.27. The molecule has 144 valence electrons. The molecule has 1 atom stereocenters. The number of fused-ring (bicyclic) bond motifs is 2. The van der Waals surface area contributed by atoms with E-state index in [9.17, 15) is 4.55 Å². The first kappa shape index (κ1) is 18.9.